The third kappa shape index (κ3) is 9.26. The number of ether oxygens (including phenoxy) is 3. The SMILES string of the molecule is CCCCCCCc1ccc(C(=O)COC(=O)[C@@H](Cc2ccccc2)NC(=O)c2ccc(OC)c(OC)c2)cc1. The summed E-state index contributed by atoms with van der Waals surface area (Å²) < 4.78 is 15.9. The predicted molar refractivity (Wildman–Crippen MR) is 155 cm³/mol. The summed E-state index contributed by atoms with van der Waals surface area (Å²) in [6, 6.07) is 20.5. The lowest BCUT2D eigenvalue weighted by Crippen LogP contribution is -2.43. The van der Waals surface area contributed by atoms with Crippen LogP contribution in [0.4, 0.5) is 0 Å². The Morgan fingerprint density at radius 1 is 0.750 bits per heavy atom. The Hall–Kier alpha value is -4.13. The third-order valence-electron chi connectivity index (χ3n) is 6.71. The van der Waals surface area contributed by atoms with Crippen LogP contribution in [0.15, 0.2) is 72.8 Å². The Morgan fingerprint density at radius 3 is 2.10 bits per heavy atom. The molecule has 1 atom stereocenters. The van der Waals surface area contributed by atoms with Crippen molar-refractivity contribution < 1.29 is 28.6 Å². The van der Waals surface area contributed by atoms with Crippen molar-refractivity contribution in [2.45, 2.75) is 57.9 Å². The maximum Gasteiger partial charge on any atom is 0.329 e. The van der Waals surface area contributed by atoms with E-state index in [0.29, 0.717) is 22.6 Å². The van der Waals surface area contributed by atoms with Crippen molar-refractivity contribution in [3.63, 3.8) is 0 Å². The van der Waals surface area contributed by atoms with Gasteiger partial charge in [-0.3, -0.25) is 9.59 Å². The highest BCUT2D eigenvalue weighted by Crippen LogP contribution is 2.27. The molecule has 3 aromatic rings. The Morgan fingerprint density at radius 2 is 1.43 bits per heavy atom. The summed E-state index contributed by atoms with van der Waals surface area (Å²) in [5.41, 5.74) is 2.81. The molecule has 0 heterocycles. The minimum Gasteiger partial charge on any atom is -0.493 e. The molecule has 0 aromatic heterocycles. The molecule has 3 aromatic carbocycles. The second kappa shape index (κ2) is 16.1. The Kier molecular flexibility index (Phi) is 12.2. The number of hydrogen-bond acceptors (Lipinski definition) is 6. The molecule has 0 aliphatic carbocycles. The van der Waals surface area contributed by atoms with Crippen LogP contribution in [0.5, 0.6) is 11.5 Å². The van der Waals surface area contributed by atoms with E-state index in [4.69, 9.17) is 14.2 Å². The number of benzene rings is 3. The molecule has 0 saturated heterocycles. The fourth-order valence-electron chi connectivity index (χ4n) is 4.37. The standard InChI is InChI=1S/C33H39NO6/c1-4-5-6-7-9-12-24-15-17-26(18-16-24)29(35)23-40-33(37)28(21-25-13-10-8-11-14-25)34-32(36)27-19-20-30(38-2)31(22-27)39-3/h8,10-11,13-20,22,28H,4-7,9,12,21,23H2,1-3H3,(H,34,36)/t28-/m1/s1. The maximum atomic E-state index is 13.1. The Bertz CT molecular complexity index is 1240. The minimum absolute atomic E-state index is 0.208. The average Bonchev–Trinajstić information content (AvgIpc) is 2.99. The second-order valence-electron chi connectivity index (χ2n) is 9.68. The van der Waals surface area contributed by atoms with E-state index in [9.17, 15) is 14.4 Å². The number of Topliss-reactive ketones (excluding diaryl/α,β-unsaturated/α-hetero) is 1. The van der Waals surface area contributed by atoms with Crippen LogP contribution < -0.4 is 14.8 Å². The molecule has 0 aliphatic rings. The number of nitrogens with one attached hydrogen (secondary N) is 1. The Labute approximate surface area is 236 Å². The molecule has 0 saturated carbocycles. The zero-order valence-electron chi connectivity index (χ0n) is 23.6. The first-order valence-electron chi connectivity index (χ1n) is 13.8. The molecular formula is C33H39NO6. The number of carbonyl (C=O) groups excluding carboxylic acids is 3. The summed E-state index contributed by atoms with van der Waals surface area (Å²) in [5, 5.41) is 2.75. The van der Waals surface area contributed by atoms with Crippen molar-refractivity contribution in [1.82, 2.24) is 5.32 Å². The van der Waals surface area contributed by atoms with Crippen LogP contribution >= 0.6 is 0 Å². The van der Waals surface area contributed by atoms with E-state index in [0.717, 1.165) is 18.4 Å². The highest BCUT2D eigenvalue weighted by Gasteiger charge is 2.25. The molecular weight excluding hydrogens is 506 g/mol. The lowest BCUT2D eigenvalue weighted by molar-refractivity contribution is -0.144. The lowest BCUT2D eigenvalue weighted by Gasteiger charge is -2.18. The van der Waals surface area contributed by atoms with Crippen LogP contribution in [-0.4, -0.2) is 44.5 Å². The fraction of sp³-hybridized carbons (Fsp3) is 0.364. The number of amides is 1. The van der Waals surface area contributed by atoms with Gasteiger partial charge in [0.2, 0.25) is 0 Å². The van der Waals surface area contributed by atoms with E-state index < -0.39 is 24.5 Å². The quantitative estimate of drug-likeness (QED) is 0.135. The number of methoxy groups -OCH3 is 2. The normalized spacial score (nSPS) is 11.4. The summed E-state index contributed by atoms with van der Waals surface area (Å²) in [5.74, 6) is -0.582. The van der Waals surface area contributed by atoms with Gasteiger partial charge in [0.25, 0.3) is 5.91 Å². The number of esters is 1. The topological polar surface area (TPSA) is 90.9 Å². The first-order valence-corrected chi connectivity index (χ1v) is 13.8. The molecule has 1 amide bonds. The molecule has 212 valence electrons. The first-order chi connectivity index (χ1) is 19.4. The number of rotatable bonds is 16. The zero-order valence-corrected chi connectivity index (χ0v) is 23.6. The molecule has 40 heavy (non-hydrogen) atoms. The number of hydrogen-bond donors (Lipinski definition) is 1. The smallest absolute Gasteiger partial charge is 0.329 e. The summed E-state index contributed by atoms with van der Waals surface area (Å²) in [4.78, 5) is 38.9. The monoisotopic (exact) mass is 545 g/mol. The number of unbranched alkanes of at least 4 members (excludes halogenated alkanes) is 4. The van der Waals surface area contributed by atoms with E-state index in [1.807, 2.05) is 42.5 Å². The summed E-state index contributed by atoms with van der Waals surface area (Å²) in [6.07, 6.45) is 7.25. The fourth-order valence-corrected chi connectivity index (χ4v) is 4.37. The Balaban J connectivity index is 1.62. The highest BCUT2D eigenvalue weighted by molar-refractivity contribution is 5.99. The lowest BCUT2D eigenvalue weighted by atomic mass is 10.0. The van der Waals surface area contributed by atoms with Gasteiger partial charge in [0.15, 0.2) is 23.9 Å². The molecule has 0 spiro atoms. The number of aryl methyl sites for hydroxylation is 1. The molecule has 0 unspecified atom stereocenters. The van der Waals surface area contributed by atoms with E-state index in [1.54, 1.807) is 24.3 Å². The van der Waals surface area contributed by atoms with Crippen LogP contribution in [0, 0.1) is 0 Å². The van der Waals surface area contributed by atoms with Crippen LogP contribution in [-0.2, 0) is 22.4 Å². The van der Waals surface area contributed by atoms with Gasteiger partial charge < -0.3 is 19.5 Å². The van der Waals surface area contributed by atoms with E-state index >= 15 is 0 Å². The molecule has 0 radical (unpaired) electrons. The van der Waals surface area contributed by atoms with Gasteiger partial charge in [-0.2, -0.15) is 0 Å². The van der Waals surface area contributed by atoms with Crippen LogP contribution in [0.3, 0.4) is 0 Å². The number of carbonyl (C=O) groups is 3. The summed E-state index contributed by atoms with van der Waals surface area (Å²) in [7, 11) is 2.99. The predicted octanol–water partition coefficient (Wildman–Crippen LogP) is 5.98. The van der Waals surface area contributed by atoms with Gasteiger partial charge in [-0.15, -0.1) is 0 Å². The third-order valence-corrected chi connectivity index (χ3v) is 6.71. The number of ketones is 1. The zero-order chi connectivity index (χ0) is 28.7. The first kappa shape index (κ1) is 30.4. The van der Waals surface area contributed by atoms with Crippen molar-refractivity contribution >= 4 is 17.7 Å². The minimum atomic E-state index is -0.995. The molecule has 1 N–H and O–H groups in total. The van der Waals surface area contributed by atoms with Crippen molar-refractivity contribution in [2.75, 3.05) is 20.8 Å². The molecule has 3 rings (SSSR count). The molecule has 7 heteroatoms. The van der Waals surface area contributed by atoms with Crippen LogP contribution in [0.1, 0.15) is 70.9 Å². The van der Waals surface area contributed by atoms with E-state index in [1.165, 1.54) is 51.5 Å². The maximum absolute atomic E-state index is 13.1. The van der Waals surface area contributed by atoms with Crippen molar-refractivity contribution in [3.8, 4) is 11.5 Å². The van der Waals surface area contributed by atoms with Gasteiger partial charge in [-0.25, -0.2) is 4.79 Å². The van der Waals surface area contributed by atoms with E-state index in [-0.39, 0.29) is 12.2 Å². The van der Waals surface area contributed by atoms with Crippen LogP contribution in [0.25, 0.3) is 0 Å². The van der Waals surface area contributed by atoms with Crippen molar-refractivity contribution in [2.24, 2.45) is 0 Å². The summed E-state index contributed by atoms with van der Waals surface area (Å²) in [6.45, 7) is 1.79. The molecule has 7 nitrogen and oxygen atoms in total. The van der Waals surface area contributed by atoms with Crippen molar-refractivity contribution in [3.05, 3.63) is 95.1 Å². The van der Waals surface area contributed by atoms with Gasteiger partial charge in [-0.1, -0.05) is 87.2 Å². The molecule has 0 aliphatic heterocycles. The van der Waals surface area contributed by atoms with Gasteiger partial charge in [0.05, 0.1) is 14.2 Å². The second-order valence-corrected chi connectivity index (χ2v) is 9.68. The molecule has 0 bridgehead atoms. The highest BCUT2D eigenvalue weighted by atomic mass is 16.5. The molecule has 0 fully saturated rings. The van der Waals surface area contributed by atoms with Gasteiger partial charge >= 0.3 is 5.97 Å². The van der Waals surface area contributed by atoms with Crippen LogP contribution in [0.2, 0.25) is 0 Å². The summed E-state index contributed by atoms with van der Waals surface area (Å²) >= 11 is 0. The van der Waals surface area contributed by atoms with Gasteiger partial charge in [0, 0.05) is 17.5 Å². The van der Waals surface area contributed by atoms with Crippen molar-refractivity contribution in [1.29, 1.82) is 0 Å². The van der Waals surface area contributed by atoms with E-state index in [2.05, 4.69) is 12.2 Å². The van der Waals surface area contributed by atoms with Gasteiger partial charge in [0.1, 0.15) is 6.04 Å². The van der Waals surface area contributed by atoms with Gasteiger partial charge in [-0.05, 0) is 42.2 Å². The largest absolute Gasteiger partial charge is 0.493 e. The average molecular weight is 546 g/mol.